The van der Waals surface area contributed by atoms with Crippen LogP contribution in [0.3, 0.4) is 0 Å². The zero-order valence-corrected chi connectivity index (χ0v) is 22.5. The molecule has 3 N–H and O–H groups in total. The van der Waals surface area contributed by atoms with Crippen LogP contribution >= 0.6 is 0 Å². The number of Topliss-reactive ketones (excluding diaryl/α,β-unsaturated/α-hetero) is 1. The van der Waals surface area contributed by atoms with Crippen LogP contribution in [0.5, 0.6) is 0 Å². The number of alkyl carbamates (subject to hydrolysis) is 1. The van der Waals surface area contributed by atoms with Crippen LogP contribution in [0.4, 0.5) is 13.6 Å². The Labute approximate surface area is 216 Å². The van der Waals surface area contributed by atoms with Gasteiger partial charge in [0.2, 0.25) is 23.5 Å². The van der Waals surface area contributed by atoms with Gasteiger partial charge in [0.25, 0.3) is 5.91 Å². The van der Waals surface area contributed by atoms with Crippen LogP contribution in [0, 0.1) is 11.3 Å². The zero-order chi connectivity index (χ0) is 28.1. The molecule has 0 radical (unpaired) electrons. The predicted octanol–water partition coefficient (Wildman–Crippen LogP) is 2.15. The maximum atomic E-state index is 13.6. The van der Waals surface area contributed by atoms with Gasteiger partial charge >= 0.3 is 6.09 Å². The molecule has 10 nitrogen and oxygen atoms in total. The molecule has 0 spiro atoms. The number of likely N-dealkylation sites (tertiary alicyclic amines) is 1. The fraction of sp³-hybridized carbons (Fsp3) is 0.800. The summed E-state index contributed by atoms with van der Waals surface area (Å²) in [4.78, 5) is 65.4. The highest BCUT2D eigenvalue weighted by molar-refractivity contribution is 6.38. The summed E-state index contributed by atoms with van der Waals surface area (Å²) < 4.78 is 31.8. The summed E-state index contributed by atoms with van der Waals surface area (Å²) in [5.41, 5.74) is -0.721. The first-order valence-corrected chi connectivity index (χ1v) is 12.7. The first-order chi connectivity index (χ1) is 17.0. The summed E-state index contributed by atoms with van der Waals surface area (Å²) in [6.07, 6.45) is 0.400. The van der Waals surface area contributed by atoms with Crippen LogP contribution in [0.2, 0.25) is 0 Å². The molecular weight excluding hydrogens is 490 g/mol. The number of amides is 4. The Morgan fingerprint density at radius 2 is 1.65 bits per heavy atom. The third-order valence-electron chi connectivity index (χ3n) is 6.65. The molecule has 1 saturated heterocycles. The Balaban J connectivity index is 2.26. The predicted molar refractivity (Wildman–Crippen MR) is 131 cm³/mol. The largest absolute Gasteiger partial charge is 0.453 e. The van der Waals surface area contributed by atoms with Crippen molar-refractivity contribution >= 4 is 29.6 Å². The van der Waals surface area contributed by atoms with Crippen LogP contribution < -0.4 is 16.0 Å². The molecule has 1 saturated carbocycles. The lowest BCUT2D eigenvalue weighted by Crippen LogP contribution is -2.62. The standard InChI is InChI=1S/C25H40F2N4O6/c1-14-10-12-31(22(35)19(24(2,3)4)30-23(36)37-6)17(13-14)20(33)29-16(9-11-25(5,26)27)18(32)21(34)28-15-7-8-15/h14-17,19H,7-13H2,1-6H3,(H,28,34)(H,29,33)(H,30,36)/t14-,16+,17+,19-/m1/s1. The zero-order valence-electron chi connectivity index (χ0n) is 22.5. The van der Waals surface area contributed by atoms with Gasteiger partial charge in [-0.3, -0.25) is 19.2 Å². The van der Waals surface area contributed by atoms with Crippen molar-refractivity contribution in [2.75, 3.05) is 13.7 Å². The van der Waals surface area contributed by atoms with Crippen LogP contribution in [-0.2, 0) is 23.9 Å². The number of carbonyl (C=O) groups excluding carboxylic acids is 5. The molecule has 0 aromatic rings. The van der Waals surface area contributed by atoms with Crippen molar-refractivity contribution in [1.29, 1.82) is 0 Å². The number of piperidine rings is 1. The van der Waals surface area contributed by atoms with Crippen LogP contribution in [-0.4, -0.2) is 78.2 Å². The number of methoxy groups -OCH3 is 1. The number of alkyl halides is 2. The average molecular weight is 531 g/mol. The first kappa shape index (κ1) is 30.4. The second-order valence-corrected chi connectivity index (χ2v) is 11.4. The number of ether oxygens (including phenoxy) is 1. The first-order valence-electron chi connectivity index (χ1n) is 12.7. The smallest absolute Gasteiger partial charge is 0.407 e. The highest BCUT2D eigenvalue weighted by Crippen LogP contribution is 2.28. The molecule has 1 aliphatic heterocycles. The molecule has 12 heteroatoms. The van der Waals surface area contributed by atoms with Crippen LogP contribution in [0.15, 0.2) is 0 Å². The third-order valence-corrected chi connectivity index (χ3v) is 6.65. The minimum atomic E-state index is -3.10. The van der Waals surface area contributed by atoms with Gasteiger partial charge < -0.3 is 25.6 Å². The molecule has 1 aliphatic carbocycles. The quantitative estimate of drug-likeness (QED) is 0.371. The molecule has 4 amide bonds. The summed E-state index contributed by atoms with van der Waals surface area (Å²) in [6.45, 7) is 8.10. The van der Waals surface area contributed by atoms with Crippen molar-refractivity contribution in [2.24, 2.45) is 11.3 Å². The Morgan fingerprint density at radius 1 is 1.03 bits per heavy atom. The fourth-order valence-electron chi connectivity index (χ4n) is 4.22. The van der Waals surface area contributed by atoms with Gasteiger partial charge in [0.1, 0.15) is 12.1 Å². The minimum absolute atomic E-state index is 0.0637. The molecule has 0 aromatic carbocycles. The number of ketones is 1. The van der Waals surface area contributed by atoms with Crippen molar-refractivity contribution in [2.45, 2.75) is 103 Å². The minimum Gasteiger partial charge on any atom is -0.453 e. The molecule has 37 heavy (non-hydrogen) atoms. The van der Waals surface area contributed by atoms with E-state index >= 15 is 0 Å². The van der Waals surface area contributed by atoms with Crippen LogP contribution in [0.1, 0.15) is 73.1 Å². The van der Waals surface area contributed by atoms with Gasteiger partial charge in [-0.15, -0.1) is 0 Å². The number of nitrogens with zero attached hydrogens (tertiary/aromatic N) is 1. The van der Waals surface area contributed by atoms with Gasteiger partial charge in [-0.2, -0.15) is 0 Å². The monoisotopic (exact) mass is 530 g/mol. The van der Waals surface area contributed by atoms with Crippen molar-refractivity contribution in [1.82, 2.24) is 20.9 Å². The Morgan fingerprint density at radius 3 is 2.16 bits per heavy atom. The van der Waals surface area contributed by atoms with E-state index in [0.717, 1.165) is 12.8 Å². The van der Waals surface area contributed by atoms with E-state index in [1.54, 1.807) is 20.8 Å². The summed E-state index contributed by atoms with van der Waals surface area (Å²) in [7, 11) is 1.18. The SMILES string of the molecule is COC(=O)N[C@H](C(=O)N1CC[C@@H](C)C[C@H]1C(=O)N[C@@H](CCC(C)(F)F)C(=O)C(=O)NC1CC1)C(C)(C)C. The molecule has 2 fully saturated rings. The summed E-state index contributed by atoms with van der Waals surface area (Å²) >= 11 is 0. The second kappa shape index (κ2) is 12.2. The number of rotatable bonds is 10. The Hall–Kier alpha value is -2.79. The van der Waals surface area contributed by atoms with E-state index < -0.39 is 71.9 Å². The molecular formula is C25H40F2N4O6. The molecule has 4 atom stereocenters. The second-order valence-electron chi connectivity index (χ2n) is 11.4. The van der Waals surface area contributed by atoms with Gasteiger partial charge in [0, 0.05) is 19.0 Å². The lowest BCUT2D eigenvalue weighted by atomic mass is 9.84. The number of hydrogen-bond acceptors (Lipinski definition) is 6. The molecule has 0 bridgehead atoms. The lowest BCUT2D eigenvalue weighted by molar-refractivity contribution is -0.148. The third kappa shape index (κ3) is 9.23. The molecule has 1 heterocycles. The fourth-order valence-corrected chi connectivity index (χ4v) is 4.22. The summed E-state index contributed by atoms with van der Waals surface area (Å²) in [5.74, 6) is -6.16. The van der Waals surface area contributed by atoms with Crippen molar-refractivity contribution in [3.63, 3.8) is 0 Å². The molecule has 2 aliphatic rings. The van der Waals surface area contributed by atoms with Crippen molar-refractivity contribution in [3.05, 3.63) is 0 Å². The van der Waals surface area contributed by atoms with Gasteiger partial charge in [0.15, 0.2) is 0 Å². The maximum Gasteiger partial charge on any atom is 0.407 e. The van der Waals surface area contributed by atoms with E-state index in [9.17, 15) is 32.8 Å². The maximum absolute atomic E-state index is 13.6. The van der Waals surface area contributed by atoms with E-state index in [1.165, 1.54) is 12.0 Å². The molecule has 210 valence electrons. The normalized spacial score (nSPS) is 21.9. The average Bonchev–Trinajstić information content (AvgIpc) is 3.61. The van der Waals surface area contributed by atoms with Crippen molar-refractivity contribution in [3.8, 4) is 0 Å². The van der Waals surface area contributed by atoms with Gasteiger partial charge in [-0.25, -0.2) is 13.6 Å². The van der Waals surface area contributed by atoms with E-state index in [4.69, 9.17) is 0 Å². The topological polar surface area (TPSA) is 134 Å². The Kier molecular flexibility index (Phi) is 10.0. The lowest BCUT2D eigenvalue weighted by Gasteiger charge is -2.42. The number of carbonyl (C=O) groups is 5. The van der Waals surface area contributed by atoms with Gasteiger partial charge in [-0.1, -0.05) is 27.7 Å². The molecule has 0 unspecified atom stereocenters. The number of nitrogens with one attached hydrogen (secondary N) is 3. The van der Waals surface area contributed by atoms with Gasteiger partial charge in [0.05, 0.1) is 13.2 Å². The highest BCUT2D eigenvalue weighted by Gasteiger charge is 2.43. The highest BCUT2D eigenvalue weighted by atomic mass is 19.3. The number of hydrogen-bond donors (Lipinski definition) is 3. The van der Waals surface area contributed by atoms with E-state index in [0.29, 0.717) is 13.3 Å². The Bertz CT molecular complexity index is 881. The van der Waals surface area contributed by atoms with E-state index in [2.05, 4.69) is 20.7 Å². The van der Waals surface area contributed by atoms with Gasteiger partial charge in [-0.05, 0) is 50.4 Å². The summed E-state index contributed by atoms with van der Waals surface area (Å²) in [6, 6.07) is -3.60. The summed E-state index contributed by atoms with van der Waals surface area (Å²) in [5, 5.41) is 7.54. The molecule has 2 rings (SSSR count). The van der Waals surface area contributed by atoms with Crippen LogP contribution in [0.25, 0.3) is 0 Å². The van der Waals surface area contributed by atoms with E-state index in [1.807, 2.05) is 6.92 Å². The van der Waals surface area contributed by atoms with E-state index in [-0.39, 0.29) is 24.9 Å². The molecule has 0 aromatic heterocycles. The van der Waals surface area contributed by atoms with Crippen molar-refractivity contribution < 1.29 is 37.5 Å². The number of halogens is 2.